The van der Waals surface area contributed by atoms with Gasteiger partial charge in [0.15, 0.2) is 0 Å². The van der Waals surface area contributed by atoms with E-state index in [1.165, 1.54) is 4.90 Å². The first-order valence-corrected chi connectivity index (χ1v) is 8.67. The number of carbonyl (C=O) groups is 2. The highest BCUT2D eigenvalue weighted by Gasteiger charge is 2.43. The van der Waals surface area contributed by atoms with Crippen LogP contribution in [0.3, 0.4) is 0 Å². The number of aliphatic hydroxyl groups is 1. The van der Waals surface area contributed by atoms with Gasteiger partial charge in [-0.15, -0.1) is 0 Å². The van der Waals surface area contributed by atoms with E-state index in [1.807, 2.05) is 31.2 Å². The summed E-state index contributed by atoms with van der Waals surface area (Å²) in [6.07, 6.45) is -0.767. The zero-order valence-corrected chi connectivity index (χ0v) is 14.7. The van der Waals surface area contributed by atoms with Crippen molar-refractivity contribution in [2.45, 2.75) is 26.0 Å². The first-order chi connectivity index (χ1) is 12.0. The van der Waals surface area contributed by atoms with Gasteiger partial charge >= 0.3 is 6.03 Å². The second kappa shape index (κ2) is 7.51. The maximum Gasteiger partial charge on any atom is 0.332 e. The van der Waals surface area contributed by atoms with Crippen LogP contribution in [0.5, 0.6) is 0 Å². The van der Waals surface area contributed by atoms with Crippen LogP contribution in [-0.4, -0.2) is 78.4 Å². The maximum absolute atomic E-state index is 12.7. The van der Waals surface area contributed by atoms with E-state index in [4.69, 9.17) is 4.74 Å². The van der Waals surface area contributed by atoms with Gasteiger partial charge in [0.1, 0.15) is 6.04 Å². The highest BCUT2D eigenvalue weighted by Crippen LogP contribution is 2.26. The lowest BCUT2D eigenvalue weighted by molar-refractivity contribution is -0.128. The predicted octanol–water partition coefficient (Wildman–Crippen LogP) is 0.845. The summed E-state index contributed by atoms with van der Waals surface area (Å²) in [5.74, 6) is -0.272. The molecule has 2 aliphatic heterocycles. The van der Waals surface area contributed by atoms with Gasteiger partial charge in [0, 0.05) is 25.3 Å². The molecule has 0 aromatic heterocycles. The molecule has 2 atom stereocenters. The van der Waals surface area contributed by atoms with E-state index in [2.05, 4.69) is 4.90 Å². The molecule has 3 amide bonds. The Balaban J connectivity index is 1.66. The van der Waals surface area contributed by atoms with Gasteiger partial charge in [-0.25, -0.2) is 4.79 Å². The minimum absolute atomic E-state index is 0.0156. The fraction of sp³-hybridized carbons (Fsp3) is 0.556. The highest BCUT2D eigenvalue weighted by molar-refractivity contribution is 6.14. The third-order valence-corrected chi connectivity index (χ3v) is 4.73. The van der Waals surface area contributed by atoms with Crippen molar-refractivity contribution in [3.8, 4) is 0 Å². The van der Waals surface area contributed by atoms with E-state index < -0.39 is 12.1 Å². The Morgan fingerprint density at radius 2 is 1.80 bits per heavy atom. The number of aliphatic hydroxyl groups excluding tert-OH is 1. The second-order valence-corrected chi connectivity index (χ2v) is 6.68. The summed E-state index contributed by atoms with van der Waals surface area (Å²) in [5.41, 5.74) is 1.79. The zero-order valence-electron chi connectivity index (χ0n) is 14.7. The average molecular weight is 347 g/mol. The monoisotopic (exact) mass is 347 g/mol. The van der Waals surface area contributed by atoms with Crippen LogP contribution in [0.1, 0.15) is 12.5 Å². The molecule has 3 rings (SSSR count). The number of amides is 3. The van der Waals surface area contributed by atoms with Crippen LogP contribution in [0.2, 0.25) is 0 Å². The molecule has 0 unspecified atom stereocenters. The average Bonchev–Trinajstić information content (AvgIpc) is 2.80. The summed E-state index contributed by atoms with van der Waals surface area (Å²) < 4.78 is 5.29. The van der Waals surface area contributed by atoms with E-state index in [0.717, 1.165) is 23.6 Å². The molecule has 0 spiro atoms. The van der Waals surface area contributed by atoms with Gasteiger partial charge in [0.25, 0.3) is 5.91 Å². The molecule has 1 aromatic carbocycles. The number of anilines is 1. The Morgan fingerprint density at radius 3 is 2.44 bits per heavy atom. The molecular weight excluding hydrogens is 322 g/mol. The number of β-amino-alcohol motifs (C(OH)–C–C–N with tert-alkyl or cyclic N) is 1. The van der Waals surface area contributed by atoms with Gasteiger partial charge in [0.05, 0.1) is 25.9 Å². The van der Waals surface area contributed by atoms with Crippen LogP contribution in [-0.2, 0) is 9.53 Å². The molecule has 7 nitrogen and oxygen atoms in total. The number of hydrogen-bond acceptors (Lipinski definition) is 5. The van der Waals surface area contributed by atoms with E-state index in [-0.39, 0.29) is 18.5 Å². The summed E-state index contributed by atoms with van der Waals surface area (Å²) in [7, 11) is 0. The third kappa shape index (κ3) is 3.84. The zero-order chi connectivity index (χ0) is 18.0. The molecule has 1 N–H and O–H groups in total. The topological polar surface area (TPSA) is 73.3 Å². The van der Waals surface area contributed by atoms with E-state index in [1.54, 1.807) is 6.92 Å². The van der Waals surface area contributed by atoms with Gasteiger partial charge < -0.3 is 9.84 Å². The van der Waals surface area contributed by atoms with E-state index in [0.29, 0.717) is 25.4 Å². The van der Waals surface area contributed by atoms with Gasteiger partial charge in [-0.05, 0) is 26.0 Å². The molecule has 0 bridgehead atoms. The lowest BCUT2D eigenvalue weighted by atomic mass is 10.2. The Kier molecular flexibility index (Phi) is 5.36. The summed E-state index contributed by atoms with van der Waals surface area (Å²) in [6, 6.07) is 6.56. The number of rotatable bonds is 5. The largest absolute Gasteiger partial charge is 0.390 e. The van der Waals surface area contributed by atoms with Crippen LogP contribution >= 0.6 is 0 Å². The number of aryl methyl sites for hydroxylation is 1. The van der Waals surface area contributed by atoms with Crippen molar-refractivity contribution in [1.29, 1.82) is 0 Å². The molecule has 0 saturated carbocycles. The van der Waals surface area contributed by atoms with Crippen LogP contribution in [0, 0.1) is 6.92 Å². The smallest absolute Gasteiger partial charge is 0.332 e. The fourth-order valence-electron chi connectivity index (χ4n) is 3.28. The Morgan fingerprint density at radius 1 is 1.16 bits per heavy atom. The van der Waals surface area contributed by atoms with Crippen molar-refractivity contribution in [2.75, 3.05) is 44.3 Å². The number of nitrogens with zero attached hydrogens (tertiary/aromatic N) is 3. The number of ether oxygens (including phenoxy) is 1. The normalized spacial score (nSPS) is 23.4. The molecule has 0 radical (unpaired) electrons. The Hall–Kier alpha value is -1.96. The van der Waals surface area contributed by atoms with Gasteiger partial charge in [-0.2, -0.15) is 0 Å². The predicted molar refractivity (Wildman–Crippen MR) is 93.5 cm³/mol. The number of imide groups is 1. The molecule has 0 aliphatic carbocycles. The van der Waals surface area contributed by atoms with Crippen LogP contribution in [0.4, 0.5) is 10.5 Å². The summed E-state index contributed by atoms with van der Waals surface area (Å²) >= 11 is 0. The summed E-state index contributed by atoms with van der Waals surface area (Å²) in [4.78, 5) is 30.0. The molecule has 25 heavy (non-hydrogen) atoms. The fourth-order valence-corrected chi connectivity index (χ4v) is 3.28. The van der Waals surface area contributed by atoms with E-state index >= 15 is 0 Å². The van der Waals surface area contributed by atoms with Crippen molar-refractivity contribution in [3.63, 3.8) is 0 Å². The first kappa shape index (κ1) is 17.8. The summed E-state index contributed by atoms with van der Waals surface area (Å²) in [5, 5.41) is 10.3. The highest BCUT2D eigenvalue weighted by atomic mass is 16.5. The Labute approximate surface area is 147 Å². The molecule has 2 aliphatic rings. The molecule has 2 heterocycles. The van der Waals surface area contributed by atoms with Crippen molar-refractivity contribution >= 4 is 17.6 Å². The van der Waals surface area contributed by atoms with Crippen LogP contribution < -0.4 is 4.90 Å². The van der Waals surface area contributed by atoms with Gasteiger partial charge in [-0.3, -0.25) is 19.5 Å². The minimum atomic E-state index is -0.767. The third-order valence-electron chi connectivity index (χ3n) is 4.73. The molecular formula is C18H25N3O4. The molecule has 2 saturated heterocycles. The van der Waals surface area contributed by atoms with E-state index in [9.17, 15) is 14.7 Å². The maximum atomic E-state index is 12.7. The number of morpholine rings is 1. The lowest BCUT2D eigenvalue weighted by Crippen LogP contribution is -2.46. The van der Waals surface area contributed by atoms with Gasteiger partial charge in [0.2, 0.25) is 0 Å². The van der Waals surface area contributed by atoms with Crippen LogP contribution in [0.25, 0.3) is 0 Å². The van der Waals surface area contributed by atoms with Crippen molar-refractivity contribution in [3.05, 3.63) is 29.8 Å². The minimum Gasteiger partial charge on any atom is -0.390 e. The van der Waals surface area contributed by atoms with Crippen molar-refractivity contribution < 1.29 is 19.4 Å². The molecule has 7 heteroatoms. The molecule has 136 valence electrons. The number of hydrogen-bond donors (Lipinski definition) is 1. The number of benzene rings is 1. The Bertz CT molecular complexity index is 628. The number of carbonyl (C=O) groups excluding carboxylic acids is 2. The second-order valence-electron chi connectivity index (χ2n) is 6.68. The van der Waals surface area contributed by atoms with Gasteiger partial charge in [-0.1, -0.05) is 17.7 Å². The number of urea groups is 1. The quantitative estimate of drug-likeness (QED) is 0.800. The lowest BCUT2D eigenvalue weighted by Gasteiger charge is -2.29. The standard InChI is InChI=1S/C18H25N3O4/c1-13-3-5-15(6-4-13)21-14(2)17(23)20(18(21)24)12-16(22)11-19-7-9-25-10-8-19/h3-6,14,16,22H,7-12H2,1-2H3/t14-,16-/m0/s1. The van der Waals surface area contributed by atoms with Crippen molar-refractivity contribution in [1.82, 2.24) is 9.80 Å². The molecule has 1 aromatic rings. The van der Waals surface area contributed by atoms with Crippen molar-refractivity contribution in [2.24, 2.45) is 0 Å². The van der Waals surface area contributed by atoms with Crippen LogP contribution in [0.15, 0.2) is 24.3 Å². The summed E-state index contributed by atoms with van der Waals surface area (Å²) in [6.45, 7) is 6.93. The SMILES string of the molecule is Cc1ccc(N2C(=O)N(C[C@@H](O)CN3CCOCC3)C(=O)[C@@H]2C)cc1. The molecule has 2 fully saturated rings. The first-order valence-electron chi connectivity index (χ1n) is 8.67.